The maximum Gasteiger partial charge on any atom is 0.318 e. The molecule has 158 valence electrons. The Kier molecular flexibility index (Phi) is 6.18. The molecule has 0 spiro atoms. The number of rotatable bonds is 3. The summed E-state index contributed by atoms with van der Waals surface area (Å²) in [6.45, 7) is 5.54. The second-order valence-corrected chi connectivity index (χ2v) is 7.66. The van der Waals surface area contributed by atoms with Crippen LogP contribution in [0.2, 0.25) is 0 Å². The summed E-state index contributed by atoms with van der Waals surface area (Å²) in [4.78, 5) is 29.3. The van der Waals surface area contributed by atoms with Gasteiger partial charge in [-0.25, -0.2) is 4.79 Å². The molecule has 4 rings (SSSR count). The molecule has 0 aromatic heterocycles. The lowest BCUT2D eigenvalue weighted by molar-refractivity contribution is 0.0303. The minimum atomic E-state index is -0.146. The first-order valence-corrected chi connectivity index (χ1v) is 10.3. The Bertz CT molecular complexity index is 897. The number of amides is 3. The van der Waals surface area contributed by atoms with Crippen LogP contribution in [0.15, 0.2) is 48.5 Å². The summed E-state index contributed by atoms with van der Waals surface area (Å²) in [5.74, 6) is 0.706. The van der Waals surface area contributed by atoms with Gasteiger partial charge < -0.3 is 24.6 Å². The first kappa shape index (κ1) is 20.2. The van der Waals surface area contributed by atoms with Crippen LogP contribution >= 0.6 is 0 Å². The Morgan fingerprint density at radius 3 is 2.63 bits per heavy atom. The van der Waals surface area contributed by atoms with Crippen LogP contribution < -0.4 is 10.1 Å². The van der Waals surface area contributed by atoms with Gasteiger partial charge in [0.15, 0.2) is 0 Å². The number of fused-ring (bicyclic) bond motifs is 1. The van der Waals surface area contributed by atoms with Crippen LogP contribution in [0.1, 0.15) is 28.4 Å². The molecule has 3 amide bonds. The highest BCUT2D eigenvalue weighted by molar-refractivity contribution is 5.94. The molecule has 2 aromatic carbocycles. The molecule has 7 heteroatoms. The van der Waals surface area contributed by atoms with E-state index >= 15 is 0 Å². The summed E-state index contributed by atoms with van der Waals surface area (Å²) in [6.07, 6.45) is 0. The predicted molar refractivity (Wildman–Crippen MR) is 112 cm³/mol. The van der Waals surface area contributed by atoms with Crippen molar-refractivity contribution in [3.63, 3.8) is 0 Å². The van der Waals surface area contributed by atoms with Gasteiger partial charge in [-0.05, 0) is 30.7 Å². The van der Waals surface area contributed by atoms with Crippen LogP contribution in [0.4, 0.5) is 4.79 Å². The van der Waals surface area contributed by atoms with E-state index in [0.29, 0.717) is 51.6 Å². The first-order chi connectivity index (χ1) is 14.6. The fourth-order valence-electron chi connectivity index (χ4n) is 3.71. The topological polar surface area (TPSA) is 71.1 Å². The van der Waals surface area contributed by atoms with E-state index in [0.717, 1.165) is 16.9 Å². The van der Waals surface area contributed by atoms with Crippen molar-refractivity contribution in [3.8, 4) is 5.75 Å². The zero-order chi connectivity index (χ0) is 20.9. The van der Waals surface area contributed by atoms with Crippen molar-refractivity contribution < 1.29 is 19.1 Å². The number of urea groups is 1. The number of hydrogen-bond donors (Lipinski definition) is 1. The van der Waals surface area contributed by atoms with Gasteiger partial charge in [0, 0.05) is 30.8 Å². The molecule has 30 heavy (non-hydrogen) atoms. The van der Waals surface area contributed by atoms with Crippen LogP contribution in [0.25, 0.3) is 0 Å². The minimum absolute atomic E-state index is 0.0153. The summed E-state index contributed by atoms with van der Waals surface area (Å²) in [6, 6.07) is 15.1. The van der Waals surface area contributed by atoms with Crippen LogP contribution in [0, 0.1) is 0 Å². The maximum absolute atomic E-state index is 12.9. The van der Waals surface area contributed by atoms with Crippen molar-refractivity contribution in [2.75, 3.05) is 32.9 Å². The van der Waals surface area contributed by atoms with Crippen LogP contribution in [-0.2, 0) is 17.8 Å². The SMILES string of the molecule is CC1COc2ccc(C(=O)N3CCOCC3)cc2CN1C(=O)NCc1ccccc1. The van der Waals surface area contributed by atoms with E-state index in [4.69, 9.17) is 9.47 Å². The Balaban J connectivity index is 1.48. The number of nitrogens with one attached hydrogen (secondary N) is 1. The number of carbonyl (C=O) groups excluding carboxylic acids is 2. The van der Waals surface area contributed by atoms with Gasteiger partial charge in [0.1, 0.15) is 12.4 Å². The standard InChI is InChI=1S/C23H27N3O4/c1-17-16-30-21-8-7-19(22(27)25-9-11-29-12-10-25)13-20(21)15-26(17)23(28)24-14-18-5-3-2-4-6-18/h2-8,13,17H,9-12,14-16H2,1H3,(H,24,28). The number of benzene rings is 2. The number of morpholine rings is 1. The normalized spacial score (nSPS) is 18.8. The number of nitrogens with zero attached hydrogens (tertiary/aromatic N) is 2. The molecule has 1 atom stereocenters. The van der Waals surface area contributed by atoms with Gasteiger partial charge in [0.05, 0.1) is 25.8 Å². The molecule has 7 nitrogen and oxygen atoms in total. The highest BCUT2D eigenvalue weighted by Crippen LogP contribution is 2.27. The summed E-state index contributed by atoms with van der Waals surface area (Å²) < 4.78 is 11.3. The lowest BCUT2D eigenvalue weighted by Crippen LogP contribution is -2.45. The second kappa shape index (κ2) is 9.17. The van der Waals surface area contributed by atoms with Gasteiger partial charge in [-0.3, -0.25) is 4.79 Å². The third kappa shape index (κ3) is 4.57. The summed E-state index contributed by atoms with van der Waals surface area (Å²) in [5, 5.41) is 2.99. The van der Waals surface area contributed by atoms with E-state index in [1.54, 1.807) is 15.9 Å². The Morgan fingerprint density at radius 1 is 1.10 bits per heavy atom. The van der Waals surface area contributed by atoms with Crippen molar-refractivity contribution in [2.45, 2.75) is 26.1 Å². The van der Waals surface area contributed by atoms with E-state index in [1.807, 2.05) is 49.4 Å². The molecule has 1 unspecified atom stereocenters. The smallest absolute Gasteiger partial charge is 0.318 e. The molecular weight excluding hydrogens is 382 g/mol. The molecule has 0 aliphatic carbocycles. The zero-order valence-corrected chi connectivity index (χ0v) is 17.2. The van der Waals surface area contributed by atoms with E-state index in [1.165, 1.54) is 0 Å². The van der Waals surface area contributed by atoms with E-state index in [2.05, 4.69) is 5.32 Å². The summed E-state index contributed by atoms with van der Waals surface area (Å²) in [7, 11) is 0. The molecule has 2 aromatic rings. The third-order valence-corrected chi connectivity index (χ3v) is 5.51. The minimum Gasteiger partial charge on any atom is -0.491 e. The van der Waals surface area contributed by atoms with Gasteiger partial charge in [0.25, 0.3) is 5.91 Å². The van der Waals surface area contributed by atoms with Crippen molar-refractivity contribution in [3.05, 3.63) is 65.2 Å². The average Bonchev–Trinajstić information content (AvgIpc) is 2.96. The van der Waals surface area contributed by atoms with Crippen molar-refractivity contribution >= 4 is 11.9 Å². The Labute approximate surface area is 176 Å². The quantitative estimate of drug-likeness (QED) is 0.846. The van der Waals surface area contributed by atoms with Crippen molar-refractivity contribution in [2.24, 2.45) is 0 Å². The molecule has 2 heterocycles. The maximum atomic E-state index is 12.9. The largest absolute Gasteiger partial charge is 0.491 e. The molecule has 0 radical (unpaired) electrons. The van der Waals surface area contributed by atoms with Gasteiger partial charge in [-0.15, -0.1) is 0 Å². The lowest BCUT2D eigenvalue weighted by Gasteiger charge is -2.27. The molecule has 0 saturated carbocycles. The average molecular weight is 409 g/mol. The molecule has 1 fully saturated rings. The second-order valence-electron chi connectivity index (χ2n) is 7.66. The van der Waals surface area contributed by atoms with Crippen LogP contribution in [-0.4, -0.2) is 60.7 Å². The van der Waals surface area contributed by atoms with Gasteiger partial charge >= 0.3 is 6.03 Å². The van der Waals surface area contributed by atoms with E-state index in [-0.39, 0.29) is 18.0 Å². The lowest BCUT2D eigenvalue weighted by atomic mass is 10.1. The van der Waals surface area contributed by atoms with Crippen molar-refractivity contribution in [1.82, 2.24) is 15.1 Å². The molecule has 2 aliphatic heterocycles. The first-order valence-electron chi connectivity index (χ1n) is 10.3. The van der Waals surface area contributed by atoms with Gasteiger partial charge in [-0.1, -0.05) is 30.3 Å². The monoisotopic (exact) mass is 409 g/mol. The Hall–Kier alpha value is -3.06. The summed E-state index contributed by atoms with van der Waals surface area (Å²) in [5.41, 5.74) is 2.50. The molecule has 0 bridgehead atoms. The van der Waals surface area contributed by atoms with Gasteiger partial charge in [0.2, 0.25) is 0 Å². The molecule has 1 saturated heterocycles. The summed E-state index contributed by atoms with van der Waals surface area (Å²) >= 11 is 0. The number of ether oxygens (including phenoxy) is 2. The predicted octanol–water partition coefficient (Wildman–Crippen LogP) is 2.65. The van der Waals surface area contributed by atoms with Crippen LogP contribution in [0.5, 0.6) is 5.75 Å². The van der Waals surface area contributed by atoms with Crippen LogP contribution in [0.3, 0.4) is 0 Å². The third-order valence-electron chi connectivity index (χ3n) is 5.51. The van der Waals surface area contributed by atoms with Crippen molar-refractivity contribution in [1.29, 1.82) is 0 Å². The van der Waals surface area contributed by atoms with E-state index < -0.39 is 0 Å². The highest BCUT2D eigenvalue weighted by Gasteiger charge is 2.27. The number of carbonyl (C=O) groups is 2. The fourth-order valence-corrected chi connectivity index (χ4v) is 3.71. The molecule has 2 aliphatic rings. The fraction of sp³-hybridized carbons (Fsp3) is 0.391. The zero-order valence-electron chi connectivity index (χ0n) is 17.2. The Morgan fingerprint density at radius 2 is 1.87 bits per heavy atom. The van der Waals surface area contributed by atoms with Gasteiger partial charge in [-0.2, -0.15) is 0 Å². The molecular formula is C23H27N3O4. The highest BCUT2D eigenvalue weighted by atomic mass is 16.5. The number of hydrogen-bond acceptors (Lipinski definition) is 4. The van der Waals surface area contributed by atoms with E-state index in [9.17, 15) is 9.59 Å². The molecule has 1 N–H and O–H groups in total.